The third-order valence-electron chi connectivity index (χ3n) is 4.72. The number of nitrogens with zero attached hydrogens (tertiary/aromatic N) is 2. The lowest BCUT2D eigenvalue weighted by Crippen LogP contribution is -2.32. The zero-order chi connectivity index (χ0) is 16.3. The van der Waals surface area contributed by atoms with Crippen LogP contribution in [-0.4, -0.2) is 22.9 Å². The monoisotopic (exact) mass is 314 g/mol. The van der Waals surface area contributed by atoms with Gasteiger partial charge in [-0.15, -0.1) is 0 Å². The van der Waals surface area contributed by atoms with Gasteiger partial charge in [0.2, 0.25) is 0 Å². The van der Waals surface area contributed by atoms with Crippen molar-refractivity contribution in [3.8, 4) is 0 Å². The topological polar surface area (TPSA) is 6.48 Å². The predicted molar refractivity (Wildman–Crippen MR) is 100 cm³/mol. The standard InChI is InChI=1S/C21H34N2/c1-3-5-7-8-9-13-17-23-19-18-22(16-6-4-2)21(23)20-14-11-10-12-15-20/h10-12,14-15,18-19,21H,3-9,13,16-17H2,1-2H3. The van der Waals surface area contributed by atoms with Crippen molar-refractivity contribution in [3.05, 3.63) is 48.3 Å². The Morgan fingerprint density at radius 1 is 0.696 bits per heavy atom. The van der Waals surface area contributed by atoms with Crippen molar-refractivity contribution in [2.24, 2.45) is 0 Å². The van der Waals surface area contributed by atoms with Crippen molar-refractivity contribution < 1.29 is 0 Å². The first kappa shape index (κ1) is 17.9. The Balaban J connectivity index is 1.88. The summed E-state index contributed by atoms with van der Waals surface area (Å²) in [7, 11) is 0. The molecule has 0 bridgehead atoms. The minimum Gasteiger partial charge on any atom is -0.352 e. The fourth-order valence-corrected chi connectivity index (χ4v) is 3.34. The second-order valence-corrected chi connectivity index (χ2v) is 6.68. The van der Waals surface area contributed by atoms with E-state index in [0.29, 0.717) is 6.17 Å². The van der Waals surface area contributed by atoms with E-state index in [-0.39, 0.29) is 0 Å². The zero-order valence-corrected chi connectivity index (χ0v) is 15.1. The summed E-state index contributed by atoms with van der Waals surface area (Å²) in [5.41, 5.74) is 1.42. The van der Waals surface area contributed by atoms with E-state index in [1.165, 1.54) is 63.5 Å². The Morgan fingerprint density at radius 2 is 1.26 bits per heavy atom. The molecule has 0 aromatic heterocycles. The van der Waals surface area contributed by atoms with Crippen LogP contribution in [0.15, 0.2) is 42.7 Å². The number of rotatable bonds is 11. The molecule has 0 N–H and O–H groups in total. The van der Waals surface area contributed by atoms with Gasteiger partial charge in [-0.1, -0.05) is 82.7 Å². The molecule has 0 fully saturated rings. The molecular weight excluding hydrogens is 280 g/mol. The SMILES string of the molecule is CCCCCCCCN1C=CN(CCCC)C1c1ccccc1. The molecule has 1 heterocycles. The van der Waals surface area contributed by atoms with Gasteiger partial charge in [-0.3, -0.25) is 0 Å². The van der Waals surface area contributed by atoms with E-state index in [0.717, 1.165) is 6.54 Å². The quantitative estimate of drug-likeness (QED) is 0.467. The normalized spacial score (nSPS) is 17.2. The van der Waals surface area contributed by atoms with Crippen LogP contribution in [0.2, 0.25) is 0 Å². The molecule has 0 spiro atoms. The van der Waals surface area contributed by atoms with Crippen LogP contribution in [0.5, 0.6) is 0 Å². The second kappa shape index (κ2) is 10.4. The van der Waals surface area contributed by atoms with E-state index < -0.39 is 0 Å². The highest BCUT2D eigenvalue weighted by Crippen LogP contribution is 2.31. The van der Waals surface area contributed by atoms with Gasteiger partial charge in [-0.2, -0.15) is 0 Å². The molecule has 0 saturated heterocycles. The molecule has 1 atom stereocenters. The smallest absolute Gasteiger partial charge is 0.127 e. The van der Waals surface area contributed by atoms with E-state index in [9.17, 15) is 0 Å². The highest BCUT2D eigenvalue weighted by Gasteiger charge is 2.26. The first-order valence-electron chi connectivity index (χ1n) is 9.61. The average molecular weight is 315 g/mol. The summed E-state index contributed by atoms with van der Waals surface area (Å²) in [4.78, 5) is 5.04. The van der Waals surface area contributed by atoms with Gasteiger partial charge in [0.15, 0.2) is 0 Å². The van der Waals surface area contributed by atoms with Crippen LogP contribution >= 0.6 is 0 Å². The van der Waals surface area contributed by atoms with E-state index in [2.05, 4.69) is 66.4 Å². The lowest BCUT2D eigenvalue weighted by atomic mass is 10.1. The fraction of sp³-hybridized carbons (Fsp3) is 0.619. The van der Waals surface area contributed by atoms with Gasteiger partial charge in [-0.05, 0) is 18.4 Å². The highest BCUT2D eigenvalue weighted by molar-refractivity contribution is 5.21. The van der Waals surface area contributed by atoms with E-state index in [1.807, 2.05) is 0 Å². The number of benzene rings is 1. The molecule has 2 heteroatoms. The molecule has 1 aromatic rings. The molecule has 23 heavy (non-hydrogen) atoms. The van der Waals surface area contributed by atoms with Gasteiger partial charge in [0.1, 0.15) is 6.17 Å². The van der Waals surface area contributed by atoms with Crippen molar-refractivity contribution in [1.82, 2.24) is 9.80 Å². The summed E-state index contributed by atoms with van der Waals surface area (Å²) in [5, 5.41) is 0. The average Bonchev–Trinajstić information content (AvgIpc) is 2.99. The summed E-state index contributed by atoms with van der Waals surface area (Å²) < 4.78 is 0. The molecule has 1 aromatic carbocycles. The Hall–Kier alpha value is -1.44. The third kappa shape index (κ3) is 5.60. The van der Waals surface area contributed by atoms with Crippen molar-refractivity contribution in [2.75, 3.05) is 13.1 Å². The Kier molecular flexibility index (Phi) is 8.06. The van der Waals surface area contributed by atoms with Crippen LogP contribution in [0.25, 0.3) is 0 Å². The van der Waals surface area contributed by atoms with Crippen LogP contribution in [0.4, 0.5) is 0 Å². The first-order valence-corrected chi connectivity index (χ1v) is 9.61. The van der Waals surface area contributed by atoms with Crippen molar-refractivity contribution in [1.29, 1.82) is 0 Å². The lowest BCUT2D eigenvalue weighted by Gasteiger charge is -2.33. The molecule has 0 radical (unpaired) electrons. The second-order valence-electron chi connectivity index (χ2n) is 6.68. The Morgan fingerprint density at radius 3 is 1.91 bits per heavy atom. The molecular formula is C21H34N2. The molecule has 2 nitrogen and oxygen atoms in total. The minimum absolute atomic E-state index is 0.401. The summed E-state index contributed by atoms with van der Waals surface area (Å²) in [5.74, 6) is 0. The van der Waals surface area contributed by atoms with Crippen molar-refractivity contribution >= 4 is 0 Å². The number of unbranched alkanes of at least 4 members (excludes halogenated alkanes) is 6. The molecule has 2 rings (SSSR count). The van der Waals surface area contributed by atoms with Crippen molar-refractivity contribution in [2.45, 2.75) is 71.4 Å². The molecule has 0 amide bonds. The third-order valence-corrected chi connectivity index (χ3v) is 4.72. The molecule has 0 aliphatic carbocycles. The van der Waals surface area contributed by atoms with Crippen LogP contribution in [0.3, 0.4) is 0 Å². The maximum atomic E-state index is 2.53. The van der Waals surface area contributed by atoms with Crippen LogP contribution in [0.1, 0.15) is 76.9 Å². The fourth-order valence-electron chi connectivity index (χ4n) is 3.34. The molecule has 128 valence electrons. The van der Waals surface area contributed by atoms with Crippen molar-refractivity contribution in [3.63, 3.8) is 0 Å². The number of hydrogen-bond acceptors (Lipinski definition) is 2. The Labute approximate surface area is 143 Å². The maximum absolute atomic E-state index is 2.53. The minimum atomic E-state index is 0.401. The van der Waals surface area contributed by atoms with Gasteiger partial charge >= 0.3 is 0 Å². The lowest BCUT2D eigenvalue weighted by molar-refractivity contribution is 0.150. The van der Waals surface area contributed by atoms with Crippen LogP contribution in [0, 0.1) is 0 Å². The largest absolute Gasteiger partial charge is 0.352 e. The highest BCUT2D eigenvalue weighted by atomic mass is 15.4. The van der Waals surface area contributed by atoms with Gasteiger partial charge in [0.05, 0.1) is 0 Å². The molecule has 1 aliphatic rings. The summed E-state index contributed by atoms with van der Waals surface area (Å²) >= 11 is 0. The summed E-state index contributed by atoms with van der Waals surface area (Å²) in [6.07, 6.45) is 15.7. The van der Waals surface area contributed by atoms with E-state index >= 15 is 0 Å². The molecule has 1 aliphatic heterocycles. The summed E-state index contributed by atoms with van der Waals surface area (Å²) in [6.45, 7) is 6.88. The van der Waals surface area contributed by atoms with Gasteiger partial charge < -0.3 is 9.80 Å². The van der Waals surface area contributed by atoms with Gasteiger partial charge in [0, 0.05) is 25.5 Å². The first-order chi connectivity index (χ1) is 11.4. The number of hydrogen-bond donors (Lipinski definition) is 0. The molecule has 0 saturated carbocycles. The van der Waals surface area contributed by atoms with Gasteiger partial charge in [-0.25, -0.2) is 0 Å². The van der Waals surface area contributed by atoms with Crippen LogP contribution in [-0.2, 0) is 0 Å². The van der Waals surface area contributed by atoms with E-state index in [4.69, 9.17) is 0 Å². The predicted octanol–water partition coefficient (Wildman–Crippen LogP) is 5.93. The van der Waals surface area contributed by atoms with E-state index in [1.54, 1.807) is 0 Å². The molecule has 1 unspecified atom stereocenters. The summed E-state index contributed by atoms with van der Waals surface area (Å²) in [6, 6.07) is 11.0. The Bertz CT molecular complexity index is 440. The zero-order valence-electron chi connectivity index (χ0n) is 15.1. The maximum Gasteiger partial charge on any atom is 0.127 e. The van der Waals surface area contributed by atoms with Crippen LogP contribution < -0.4 is 0 Å². The van der Waals surface area contributed by atoms with Gasteiger partial charge in [0.25, 0.3) is 0 Å².